The molecule has 1 unspecified atom stereocenters. The molecule has 0 fully saturated rings. The van der Waals surface area contributed by atoms with Crippen molar-refractivity contribution in [3.8, 4) is 11.5 Å². The van der Waals surface area contributed by atoms with E-state index in [1.807, 2.05) is 54.8 Å². The van der Waals surface area contributed by atoms with Gasteiger partial charge in [0.2, 0.25) is 0 Å². The van der Waals surface area contributed by atoms with Gasteiger partial charge in [-0.1, -0.05) is 24.3 Å². The van der Waals surface area contributed by atoms with Gasteiger partial charge >= 0.3 is 5.97 Å². The van der Waals surface area contributed by atoms with Gasteiger partial charge in [0.05, 0.1) is 18.6 Å². The fourth-order valence-electron chi connectivity index (χ4n) is 2.19. The average Bonchev–Trinajstić information content (AvgIpc) is 2.62. The van der Waals surface area contributed by atoms with Crippen LogP contribution in [0.4, 0.5) is 0 Å². The minimum atomic E-state index is -0.897. The van der Waals surface area contributed by atoms with Crippen LogP contribution in [0.5, 0.6) is 11.5 Å². The van der Waals surface area contributed by atoms with E-state index < -0.39 is 11.2 Å². The van der Waals surface area contributed by atoms with Crippen LogP contribution in [-0.2, 0) is 17.6 Å². The third-order valence-corrected chi connectivity index (χ3v) is 5.08. The standard InChI is InChI=1S/C18H19ClO4S2/c1-24-23-16-8-6-15(7-9-16)22-11-10-13-2-4-14(5-3-13)12-17(25-19)18(20)21/h2-9,17H,10-12H2,1H3,(H,20,21). The van der Waals surface area contributed by atoms with Crippen molar-refractivity contribution >= 4 is 39.7 Å². The van der Waals surface area contributed by atoms with E-state index in [4.69, 9.17) is 24.7 Å². The van der Waals surface area contributed by atoms with E-state index in [2.05, 4.69) is 0 Å². The summed E-state index contributed by atoms with van der Waals surface area (Å²) in [5, 5.41) is 8.40. The van der Waals surface area contributed by atoms with Crippen LogP contribution in [0.2, 0.25) is 0 Å². The maximum absolute atomic E-state index is 11.0. The number of ether oxygens (including phenoxy) is 1. The van der Waals surface area contributed by atoms with Crippen LogP contribution in [0, 0.1) is 0 Å². The number of rotatable bonds is 10. The minimum Gasteiger partial charge on any atom is -0.493 e. The first-order valence-corrected chi connectivity index (χ1v) is 10.5. The van der Waals surface area contributed by atoms with E-state index in [-0.39, 0.29) is 0 Å². The lowest BCUT2D eigenvalue weighted by Crippen LogP contribution is -2.17. The summed E-state index contributed by atoms with van der Waals surface area (Å²) in [4.78, 5) is 11.0. The van der Waals surface area contributed by atoms with Gasteiger partial charge < -0.3 is 14.0 Å². The summed E-state index contributed by atoms with van der Waals surface area (Å²) in [5.41, 5.74) is 2.09. The van der Waals surface area contributed by atoms with Gasteiger partial charge in [-0.3, -0.25) is 4.79 Å². The fourth-order valence-corrected chi connectivity index (χ4v) is 3.24. The highest BCUT2D eigenvalue weighted by Crippen LogP contribution is 2.22. The van der Waals surface area contributed by atoms with Crippen molar-refractivity contribution in [3.05, 3.63) is 59.7 Å². The maximum Gasteiger partial charge on any atom is 0.318 e. The van der Waals surface area contributed by atoms with Crippen molar-refractivity contribution in [1.82, 2.24) is 0 Å². The third kappa shape index (κ3) is 6.72. The number of benzene rings is 2. The molecule has 1 N–H and O–H groups in total. The van der Waals surface area contributed by atoms with Crippen LogP contribution < -0.4 is 8.92 Å². The summed E-state index contributed by atoms with van der Waals surface area (Å²) in [7, 11) is 6.44. The Morgan fingerprint density at radius 2 is 1.68 bits per heavy atom. The van der Waals surface area contributed by atoms with Crippen molar-refractivity contribution in [2.24, 2.45) is 0 Å². The Balaban J connectivity index is 1.80. The van der Waals surface area contributed by atoms with Gasteiger partial charge in [0.15, 0.2) is 0 Å². The highest BCUT2D eigenvalue weighted by Gasteiger charge is 2.17. The molecule has 4 nitrogen and oxygen atoms in total. The molecular formula is C18H19ClO4S2. The summed E-state index contributed by atoms with van der Waals surface area (Å²) in [6, 6.07) is 15.4. The average molecular weight is 399 g/mol. The van der Waals surface area contributed by atoms with E-state index in [0.717, 1.165) is 40.0 Å². The second kappa shape index (κ2) is 10.5. The van der Waals surface area contributed by atoms with Crippen molar-refractivity contribution in [3.63, 3.8) is 0 Å². The minimum absolute atomic E-state index is 0.407. The molecule has 0 aliphatic heterocycles. The van der Waals surface area contributed by atoms with Crippen LogP contribution in [-0.4, -0.2) is 29.2 Å². The summed E-state index contributed by atoms with van der Waals surface area (Å²) < 4.78 is 11.0. The first kappa shape index (κ1) is 19.8. The molecule has 0 aliphatic rings. The molecule has 0 saturated heterocycles. The normalized spacial score (nSPS) is 11.8. The van der Waals surface area contributed by atoms with Gasteiger partial charge in [0.25, 0.3) is 0 Å². The molecule has 2 rings (SSSR count). The predicted octanol–water partition coefficient (Wildman–Crippen LogP) is 4.85. The number of hydrogen-bond acceptors (Lipinski definition) is 5. The molecule has 0 aromatic heterocycles. The fraction of sp³-hybridized carbons (Fsp3) is 0.278. The quantitative estimate of drug-likeness (QED) is 0.577. The van der Waals surface area contributed by atoms with E-state index in [0.29, 0.717) is 13.0 Å². The number of carbonyl (C=O) groups is 1. The molecule has 0 spiro atoms. The largest absolute Gasteiger partial charge is 0.493 e. The van der Waals surface area contributed by atoms with Gasteiger partial charge in [-0.15, -0.1) is 0 Å². The Labute approximate surface area is 160 Å². The van der Waals surface area contributed by atoms with E-state index >= 15 is 0 Å². The number of carboxylic acids is 1. The smallest absolute Gasteiger partial charge is 0.318 e. The lowest BCUT2D eigenvalue weighted by molar-refractivity contribution is -0.136. The van der Waals surface area contributed by atoms with E-state index in [9.17, 15) is 4.79 Å². The van der Waals surface area contributed by atoms with Crippen LogP contribution in [0.3, 0.4) is 0 Å². The Bertz CT molecular complexity index is 662. The second-order valence-corrected chi connectivity index (χ2v) is 7.04. The molecule has 0 amide bonds. The Hall–Kier alpha value is -1.50. The molecule has 2 aromatic rings. The van der Waals surface area contributed by atoms with Crippen LogP contribution in [0.15, 0.2) is 48.5 Å². The molecule has 2 aromatic carbocycles. The lowest BCUT2D eigenvalue weighted by atomic mass is 10.1. The zero-order chi connectivity index (χ0) is 18.1. The molecule has 7 heteroatoms. The van der Waals surface area contributed by atoms with E-state index in [1.165, 1.54) is 12.0 Å². The van der Waals surface area contributed by atoms with Gasteiger partial charge in [-0.2, -0.15) is 0 Å². The Kier molecular flexibility index (Phi) is 8.31. The SMILES string of the molecule is CSOc1ccc(OCCc2ccc(CC(SCl)C(=O)O)cc2)cc1. The summed E-state index contributed by atoms with van der Waals surface area (Å²) in [6.45, 7) is 0.567. The van der Waals surface area contributed by atoms with Gasteiger partial charge in [0.1, 0.15) is 16.7 Å². The van der Waals surface area contributed by atoms with Gasteiger partial charge in [-0.25, -0.2) is 0 Å². The highest BCUT2D eigenvalue weighted by molar-refractivity contribution is 8.22. The van der Waals surface area contributed by atoms with Crippen LogP contribution >= 0.6 is 33.7 Å². The predicted molar refractivity (Wildman–Crippen MR) is 105 cm³/mol. The van der Waals surface area contributed by atoms with Crippen molar-refractivity contribution in [2.75, 3.05) is 12.9 Å². The van der Waals surface area contributed by atoms with Crippen LogP contribution in [0.25, 0.3) is 0 Å². The van der Waals surface area contributed by atoms with Crippen molar-refractivity contribution < 1.29 is 18.8 Å². The number of aliphatic carboxylic acids is 1. The first-order chi connectivity index (χ1) is 12.1. The molecule has 134 valence electrons. The Morgan fingerprint density at radius 3 is 2.24 bits per heavy atom. The molecule has 25 heavy (non-hydrogen) atoms. The molecule has 0 saturated carbocycles. The van der Waals surface area contributed by atoms with Crippen molar-refractivity contribution in [2.45, 2.75) is 18.1 Å². The lowest BCUT2D eigenvalue weighted by Gasteiger charge is -2.09. The number of carboxylic acid groups (broad SMARTS) is 1. The summed E-state index contributed by atoms with van der Waals surface area (Å²) in [6.07, 6.45) is 3.05. The summed E-state index contributed by atoms with van der Waals surface area (Å²) in [5.74, 6) is 0.699. The molecule has 0 bridgehead atoms. The number of hydrogen-bond donors (Lipinski definition) is 1. The zero-order valence-corrected chi connectivity index (χ0v) is 16.1. The maximum atomic E-state index is 11.0. The van der Waals surface area contributed by atoms with Gasteiger partial charge in [0, 0.05) is 12.7 Å². The monoisotopic (exact) mass is 398 g/mol. The van der Waals surface area contributed by atoms with Crippen LogP contribution in [0.1, 0.15) is 11.1 Å². The van der Waals surface area contributed by atoms with Gasteiger partial charge in [-0.05, 0) is 63.5 Å². The second-order valence-electron chi connectivity index (χ2n) is 5.26. The Morgan fingerprint density at radius 1 is 1.08 bits per heavy atom. The molecular weight excluding hydrogens is 380 g/mol. The highest BCUT2D eigenvalue weighted by atomic mass is 35.7. The molecule has 0 aliphatic carbocycles. The molecule has 0 radical (unpaired) electrons. The van der Waals surface area contributed by atoms with E-state index in [1.54, 1.807) is 0 Å². The molecule has 1 atom stereocenters. The topological polar surface area (TPSA) is 55.8 Å². The number of halogens is 1. The first-order valence-electron chi connectivity index (χ1n) is 7.64. The third-order valence-electron chi connectivity index (χ3n) is 3.49. The van der Waals surface area contributed by atoms with Crippen molar-refractivity contribution in [1.29, 1.82) is 0 Å². The molecule has 0 heterocycles. The zero-order valence-electron chi connectivity index (χ0n) is 13.7. The summed E-state index contributed by atoms with van der Waals surface area (Å²) >= 11 is 1.30.